The lowest BCUT2D eigenvalue weighted by atomic mass is 9.96. The summed E-state index contributed by atoms with van der Waals surface area (Å²) < 4.78 is 6.33. The van der Waals surface area contributed by atoms with Crippen LogP contribution in [0.5, 0.6) is 5.75 Å². The van der Waals surface area contributed by atoms with Gasteiger partial charge in [-0.25, -0.2) is 5.01 Å². The lowest BCUT2D eigenvalue weighted by molar-refractivity contribution is -0.0190. The largest absolute Gasteiger partial charge is 0.464 e. The average molecular weight is 361 g/mol. The van der Waals surface area contributed by atoms with Crippen LogP contribution >= 0.6 is 11.6 Å². The van der Waals surface area contributed by atoms with Crippen LogP contribution in [0.2, 0.25) is 5.02 Å². The van der Waals surface area contributed by atoms with E-state index in [2.05, 4.69) is 29.3 Å². The van der Waals surface area contributed by atoms with Gasteiger partial charge in [0.05, 0.1) is 11.8 Å². The highest BCUT2D eigenvalue weighted by molar-refractivity contribution is 6.30. The molecule has 0 saturated carbocycles. The molecule has 4 heteroatoms. The monoisotopic (exact) mass is 360 g/mol. The summed E-state index contributed by atoms with van der Waals surface area (Å²) in [6.45, 7) is 0. The highest BCUT2D eigenvalue weighted by atomic mass is 35.5. The van der Waals surface area contributed by atoms with Crippen LogP contribution < -0.4 is 4.74 Å². The number of halogens is 1. The van der Waals surface area contributed by atoms with Gasteiger partial charge in [0, 0.05) is 22.6 Å². The number of fused-ring (bicyclic) bond motifs is 3. The van der Waals surface area contributed by atoms with E-state index in [0.29, 0.717) is 0 Å². The molecule has 128 valence electrons. The van der Waals surface area contributed by atoms with E-state index in [1.54, 1.807) is 0 Å². The standard InChI is InChI=1S/C22H17ClN2O/c23-17-11-12-21-18(13-17)20-14-19(15-7-3-1-4-8-15)24-25(20)22(26-21)16-9-5-2-6-10-16/h1-13,20,22H,14H2/t20-,22-/m1/s1. The van der Waals surface area contributed by atoms with Crippen LogP contribution in [0.1, 0.15) is 35.4 Å². The summed E-state index contributed by atoms with van der Waals surface area (Å²) in [6, 6.07) is 26.5. The molecular weight excluding hydrogens is 344 g/mol. The van der Waals surface area contributed by atoms with Crippen LogP contribution in [0.15, 0.2) is 84.0 Å². The molecule has 3 aromatic carbocycles. The Hall–Kier alpha value is -2.78. The predicted octanol–water partition coefficient (Wildman–Crippen LogP) is 5.58. The van der Waals surface area contributed by atoms with Crippen molar-refractivity contribution in [3.63, 3.8) is 0 Å². The fourth-order valence-corrected chi connectivity index (χ4v) is 3.88. The summed E-state index contributed by atoms with van der Waals surface area (Å²) in [7, 11) is 0. The first kappa shape index (κ1) is 15.5. The lowest BCUT2D eigenvalue weighted by Crippen LogP contribution is -2.33. The van der Waals surface area contributed by atoms with Gasteiger partial charge < -0.3 is 4.74 Å². The smallest absolute Gasteiger partial charge is 0.213 e. The van der Waals surface area contributed by atoms with Crippen molar-refractivity contribution in [3.05, 3.63) is 101 Å². The van der Waals surface area contributed by atoms with E-state index in [0.717, 1.165) is 39.6 Å². The first-order chi connectivity index (χ1) is 12.8. The highest BCUT2D eigenvalue weighted by Gasteiger charge is 2.40. The number of hydrazone groups is 1. The van der Waals surface area contributed by atoms with Gasteiger partial charge in [-0.15, -0.1) is 0 Å². The number of benzene rings is 3. The molecule has 0 bridgehead atoms. The van der Waals surface area contributed by atoms with Crippen molar-refractivity contribution in [2.24, 2.45) is 5.10 Å². The second kappa shape index (κ2) is 6.19. The van der Waals surface area contributed by atoms with Gasteiger partial charge in [0.2, 0.25) is 6.23 Å². The molecule has 2 aliphatic rings. The van der Waals surface area contributed by atoms with Crippen molar-refractivity contribution < 1.29 is 4.74 Å². The number of hydrogen-bond donors (Lipinski definition) is 0. The minimum absolute atomic E-state index is 0.123. The maximum absolute atomic E-state index is 6.33. The predicted molar refractivity (Wildman–Crippen MR) is 103 cm³/mol. The summed E-state index contributed by atoms with van der Waals surface area (Å²) in [5, 5.41) is 7.75. The third kappa shape index (κ3) is 2.56. The van der Waals surface area contributed by atoms with Crippen molar-refractivity contribution in [1.82, 2.24) is 5.01 Å². The molecule has 0 unspecified atom stereocenters. The van der Waals surface area contributed by atoms with E-state index in [1.165, 1.54) is 0 Å². The quantitative estimate of drug-likeness (QED) is 0.595. The van der Waals surface area contributed by atoms with Crippen molar-refractivity contribution in [1.29, 1.82) is 0 Å². The van der Waals surface area contributed by atoms with Crippen LogP contribution in [0.3, 0.4) is 0 Å². The molecule has 5 rings (SSSR count). The van der Waals surface area contributed by atoms with Gasteiger partial charge in [-0.1, -0.05) is 72.3 Å². The second-order valence-electron chi connectivity index (χ2n) is 6.58. The normalized spacial score (nSPS) is 20.8. The first-order valence-electron chi connectivity index (χ1n) is 8.72. The average Bonchev–Trinajstić information content (AvgIpc) is 3.15. The van der Waals surface area contributed by atoms with E-state index in [-0.39, 0.29) is 12.3 Å². The van der Waals surface area contributed by atoms with E-state index < -0.39 is 0 Å². The molecule has 0 aromatic heterocycles. The van der Waals surface area contributed by atoms with Crippen molar-refractivity contribution in [3.8, 4) is 5.75 Å². The zero-order valence-electron chi connectivity index (χ0n) is 14.0. The van der Waals surface area contributed by atoms with Crippen molar-refractivity contribution in [2.45, 2.75) is 18.7 Å². The minimum Gasteiger partial charge on any atom is -0.464 e. The van der Waals surface area contributed by atoms with Gasteiger partial charge in [0.1, 0.15) is 5.75 Å². The molecular formula is C22H17ClN2O. The van der Waals surface area contributed by atoms with E-state index >= 15 is 0 Å². The molecule has 0 radical (unpaired) electrons. The van der Waals surface area contributed by atoms with E-state index in [4.69, 9.17) is 21.4 Å². The summed E-state index contributed by atoms with van der Waals surface area (Å²) in [5.74, 6) is 0.883. The fraction of sp³-hybridized carbons (Fsp3) is 0.136. The summed E-state index contributed by atoms with van der Waals surface area (Å²) in [4.78, 5) is 0. The zero-order valence-corrected chi connectivity index (χ0v) is 14.8. The van der Waals surface area contributed by atoms with Crippen molar-refractivity contribution in [2.75, 3.05) is 0 Å². The molecule has 3 aromatic rings. The molecule has 0 aliphatic carbocycles. The Morgan fingerprint density at radius 3 is 2.42 bits per heavy atom. The highest BCUT2D eigenvalue weighted by Crippen LogP contribution is 2.48. The molecule has 3 nitrogen and oxygen atoms in total. The third-order valence-corrected chi connectivity index (χ3v) is 5.18. The number of rotatable bonds is 2. The number of nitrogens with zero attached hydrogens (tertiary/aromatic N) is 2. The van der Waals surface area contributed by atoms with Crippen LogP contribution in [-0.2, 0) is 0 Å². The summed E-state index contributed by atoms with van der Waals surface area (Å²) in [5.41, 5.74) is 4.42. The van der Waals surface area contributed by atoms with Gasteiger partial charge in [0.15, 0.2) is 0 Å². The third-order valence-electron chi connectivity index (χ3n) is 4.94. The molecule has 2 heterocycles. The van der Waals surface area contributed by atoms with E-state index in [1.807, 2.05) is 54.6 Å². The van der Waals surface area contributed by atoms with Gasteiger partial charge in [-0.2, -0.15) is 5.10 Å². The number of ether oxygens (including phenoxy) is 1. The molecule has 2 aliphatic heterocycles. The van der Waals surface area contributed by atoms with Crippen LogP contribution in [0.4, 0.5) is 0 Å². The summed E-state index contributed by atoms with van der Waals surface area (Å²) in [6.07, 6.45) is 0.598. The lowest BCUT2D eigenvalue weighted by Gasteiger charge is -2.38. The van der Waals surface area contributed by atoms with E-state index in [9.17, 15) is 0 Å². The fourth-order valence-electron chi connectivity index (χ4n) is 3.70. The van der Waals surface area contributed by atoms with Gasteiger partial charge in [0.25, 0.3) is 0 Å². The maximum atomic E-state index is 6.33. The molecule has 0 N–H and O–H groups in total. The SMILES string of the molecule is Clc1ccc2c(c1)[C@H]1CC(c3ccccc3)=NN1[C@@H](c1ccccc1)O2. The number of hydrogen-bond acceptors (Lipinski definition) is 3. The van der Waals surface area contributed by atoms with Crippen molar-refractivity contribution >= 4 is 17.3 Å². The molecule has 26 heavy (non-hydrogen) atoms. The Morgan fingerprint density at radius 2 is 1.65 bits per heavy atom. The van der Waals surface area contributed by atoms with Crippen LogP contribution in [0.25, 0.3) is 0 Å². The Kier molecular flexibility index (Phi) is 3.68. The molecule has 0 spiro atoms. The first-order valence-corrected chi connectivity index (χ1v) is 9.10. The Bertz CT molecular complexity index is 972. The Balaban J connectivity index is 1.62. The Labute approximate surface area is 157 Å². The Morgan fingerprint density at radius 1 is 0.923 bits per heavy atom. The molecule has 0 amide bonds. The van der Waals surface area contributed by atoms with Gasteiger partial charge in [-0.3, -0.25) is 0 Å². The summed E-state index contributed by atoms with van der Waals surface area (Å²) >= 11 is 6.26. The second-order valence-corrected chi connectivity index (χ2v) is 7.01. The molecule has 2 atom stereocenters. The zero-order chi connectivity index (χ0) is 17.5. The molecule has 0 fully saturated rings. The maximum Gasteiger partial charge on any atom is 0.213 e. The van der Waals surface area contributed by atoms with Crippen LogP contribution in [-0.4, -0.2) is 10.7 Å². The minimum atomic E-state index is -0.240. The molecule has 0 saturated heterocycles. The topological polar surface area (TPSA) is 24.8 Å². The van der Waals surface area contributed by atoms with Crippen LogP contribution in [0, 0.1) is 0 Å². The van der Waals surface area contributed by atoms with Gasteiger partial charge >= 0.3 is 0 Å². The van der Waals surface area contributed by atoms with Gasteiger partial charge in [-0.05, 0) is 23.8 Å².